The third-order valence-electron chi connectivity index (χ3n) is 2.38. The van der Waals surface area contributed by atoms with Crippen LogP contribution < -0.4 is 4.74 Å². The second-order valence-electron chi connectivity index (χ2n) is 3.71. The molecule has 0 radical (unpaired) electrons. The molecular formula is C12H16F2O2. The lowest BCUT2D eigenvalue weighted by Gasteiger charge is -2.19. The highest BCUT2D eigenvalue weighted by Crippen LogP contribution is 2.37. The van der Waals surface area contributed by atoms with E-state index >= 15 is 0 Å². The number of rotatable bonds is 5. The van der Waals surface area contributed by atoms with E-state index in [1.54, 1.807) is 12.1 Å². The third-order valence-corrected chi connectivity index (χ3v) is 2.38. The minimum absolute atomic E-state index is 0.00800. The number of alkyl halides is 2. The summed E-state index contributed by atoms with van der Waals surface area (Å²) in [4.78, 5) is 0. The summed E-state index contributed by atoms with van der Waals surface area (Å²) in [5.41, 5.74) is 0.451. The lowest BCUT2D eigenvalue weighted by Crippen LogP contribution is -2.13. The van der Waals surface area contributed by atoms with Crippen molar-refractivity contribution in [2.75, 3.05) is 13.7 Å². The minimum atomic E-state index is -2.93. The van der Waals surface area contributed by atoms with Gasteiger partial charge in [0, 0.05) is 13.5 Å². The van der Waals surface area contributed by atoms with Gasteiger partial charge in [0.05, 0.1) is 12.7 Å². The summed E-state index contributed by atoms with van der Waals surface area (Å²) in [5, 5.41) is 8.73. The van der Waals surface area contributed by atoms with E-state index in [0.29, 0.717) is 18.4 Å². The standard InChI is InChI=1S/C12H16F2O2/c1-12(13,14)11-9(6-4-8-15)5-3-7-10(11)16-2/h3,5,7,15H,4,6,8H2,1-2H3. The maximum absolute atomic E-state index is 13.4. The monoisotopic (exact) mass is 230 g/mol. The van der Waals surface area contributed by atoms with Crippen LogP contribution in [0.15, 0.2) is 18.2 Å². The molecule has 1 N–H and O–H groups in total. The fourth-order valence-corrected chi connectivity index (χ4v) is 1.72. The molecule has 1 rings (SSSR count). The Hall–Kier alpha value is -1.16. The van der Waals surface area contributed by atoms with Gasteiger partial charge in [0.2, 0.25) is 0 Å². The fraction of sp³-hybridized carbons (Fsp3) is 0.500. The van der Waals surface area contributed by atoms with Gasteiger partial charge in [-0.05, 0) is 24.5 Å². The van der Waals surface area contributed by atoms with Crippen LogP contribution in [0.2, 0.25) is 0 Å². The van der Waals surface area contributed by atoms with Crippen LogP contribution in [-0.4, -0.2) is 18.8 Å². The fourth-order valence-electron chi connectivity index (χ4n) is 1.72. The van der Waals surface area contributed by atoms with Gasteiger partial charge in [-0.1, -0.05) is 12.1 Å². The molecule has 0 saturated carbocycles. The Morgan fingerprint density at radius 3 is 2.56 bits per heavy atom. The SMILES string of the molecule is COc1cccc(CCCO)c1C(C)(F)F. The van der Waals surface area contributed by atoms with Gasteiger partial charge in [-0.15, -0.1) is 0 Å². The van der Waals surface area contributed by atoms with Crippen LogP contribution >= 0.6 is 0 Å². The molecule has 16 heavy (non-hydrogen) atoms. The largest absolute Gasteiger partial charge is 0.496 e. The molecule has 0 aliphatic heterocycles. The molecule has 0 atom stereocenters. The zero-order valence-corrected chi connectivity index (χ0v) is 9.46. The van der Waals surface area contributed by atoms with E-state index in [-0.39, 0.29) is 17.9 Å². The van der Waals surface area contributed by atoms with Crippen molar-refractivity contribution in [1.82, 2.24) is 0 Å². The smallest absolute Gasteiger partial charge is 0.274 e. The Bertz CT molecular complexity index is 345. The van der Waals surface area contributed by atoms with E-state index in [0.717, 1.165) is 6.92 Å². The van der Waals surface area contributed by atoms with Crippen molar-refractivity contribution in [2.24, 2.45) is 0 Å². The molecule has 0 unspecified atom stereocenters. The van der Waals surface area contributed by atoms with Crippen molar-refractivity contribution in [3.8, 4) is 5.75 Å². The molecule has 0 bridgehead atoms. The number of aryl methyl sites for hydroxylation is 1. The summed E-state index contributed by atoms with van der Waals surface area (Å²) in [5.74, 6) is -2.74. The van der Waals surface area contributed by atoms with Crippen LogP contribution in [0, 0.1) is 0 Å². The number of halogens is 2. The van der Waals surface area contributed by atoms with E-state index in [4.69, 9.17) is 9.84 Å². The van der Waals surface area contributed by atoms with Gasteiger partial charge in [-0.3, -0.25) is 0 Å². The Morgan fingerprint density at radius 1 is 1.38 bits per heavy atom. The Morgan fingerprint density at radius 2 is 2.06 bits per heavy atom. The molecule has 2 nitrogen and oxygen atoms in total. The molecule has 0 spiro atoms. The molecule has 0 fully saturated rings. The molecule has 0 heterocycles. The van der Waals surface area contributed by atoms with Crippen molar-refractivity contribution in [3.63, 3.8) is 0 Å². The average Bonchev–Trinajstić information content (AvgIpc) is 2.24. The molecule has 1 aromatic rings. The molecule has 0 aromatic heterocycles. The normalized spacial score (nSPS) is 11.6. The zero-order valence-electron chi connectivity index (χ0n) is 9.46. The van der Waals surface area contributed by atoms with E-state index in [1.807, 2.05) is 0 Å². The summed E-state index contributed by atoms with van der Waals surface area (Å²) < 4.78 is 31.8. The van der Waals surface area contributed by atoms with Gasteiger partial charge in [-0.25, -0.2) is 8.78 Å². The van der Waals surface area contributed by atoms with Gasteiger partial charge in [0.15, 0.2) is 0 Å². The van der Waals surface area contributed by atoms with E-state index < -0.39 is 5.92 Å². The lowest BCUT2D eigenvalue weighted by atomic mass is 9.98. The van der Waals surface area contributed by atoms with Crippen LogP contribution in [0.25, 0.3) is 0 Å². The number of hydrogen-bond donors (Lipinski definition) is 1. The van der Waals surface area contributed by atoms with Crippen molar-refractivity contribution in [2.45, 2.75) is 25.7 Å². The molecule has 90 valence electrons. The number of ether oxygens (including phenoxy) is 1. The quantitative estimate of drug-likeness (QED) is 0.842. The predicted molar refractivity (Wildman–Crippen MR) is 58.0 cm³/mol. The molecule has 0 aliphatic carbocycles. The second kappa shape index (κ2) is 5.25. The van der Waals surface area contributed by atoms with Crippen LogP contribution in [0.4, 0.5) is 8.78 Å². The number of methoxy groups -OCH3 is 1. The Balaban J connectivity index is 3.16. The Kier molecular flexibility index (Phi) is 4.24. The third kappa shape index (κ3) is 2.92. The number of benzene rings is 1. The molecule has 1 aromatic carbocycles. The highest BCUT2D eigenvalue weighted by molar-refractivity contribution is 5.43. The summed E-state index contributed by atoms with van der Waals surface area (Å²) >= 11 is 0. The van der Waals surface area contributed by atoms with Gasteiger partial charge in [0.25, 0.3) is 5.92 Å². The van der Waals surface area contributed by atoms with Crippen molar-refractivity contribution in [1.29, 1.82) is 0 Å². The average molecular weight is 230 g/mol. The van der Waals surface area contributed by atoms with E-state index in [9.17, 15) is 8.78 Å². The molecular weight excluding hydrogens is 214 g/mol. The van der Waals surface area contributed by atoms with Crippen molar-refractivity contribution in [3.05, 3.63) is 29.3 Å². The first-order chi connectivity index (χ1) is 7.50. The van der Waals surface area contributed by atoms with Gasteiger partial charge in [-0.2, -0.15) is 0 Å². The summed E-state index contributed by atoms with van der Waals surface area (Å²) in [7, 11) is 1.38. The summed E-state index contributed by atoms with van der Waals surface area (Å²) in [6.07, 6.45) is 0.892. The van der Waals surface area contributed by atoms with Crippen molar-refractivity contribution < 1.29 is 18.6 Å². The molecule has 4 heteroatoms. The number of aliphatic hydroxyl groups excluding tert-OH is 1. The topological polar surface area (TPSA) is 29.5 Å². The first kappa shape index (κ1) is 12.9. The Labute approximate surface area is 93.9 Å². The minimum Gasteiger partial charge on any atom is -0.496 e. The van der Waals surface area contributed by atoms with Crippen molar-refractivity contribution >= 4 is 0 Å². The molecule has 0 amide bonds. The zero-order chi connectivity index (χ0) is 12.2. The van der Waals surface area contributed by atoms with Gasteiger partial charge >= 0.3 is 0 Å². The predicted octanol–water partition coefficient (Wildman–Crippen LogP) is 2.73. The maximum Gasteiger partial charge on any atom is 0.274 e. The van der Waals surface area contributed by atoms with Crippen LogP contribution in [-0.2, 0) is 12.3 Å². The van der Waals surface area contributed by atoms with E-state index in [2.05, 4.69) is 0 Å². The highest BCUT2D eigenvalue weighted by Gasteiger charge is 2.31. The first-order valence-electron chi connectivity index (χ1n) is 5.15. The first-order valence-corrected chi connectivity index (χ1v) is 5.15. The maximum atomic E-state index is 13.4. The number of hydrogen-bond acceptors (Lipinski definition) is 2. The van der Waals surface area contributed by atoms with E-state index in [1.165, 1.54) is 13.2 Å². The van der Waals surface area contributed by atoms with Gasteiger partial charge in [0.1, 0.15) is 5.75 Å². The summed E-state index contributed by atoms with van der Waals surface area (Å²) in [6, 6.07) is 4.85. The second-order valence-corrected chi connectivity index (χ2v) is 3.71. The van der Waals surface area contributed by atoms with Crippen LogP contribution in [0.1, 0.15) is 24.5 Å². The summed E-state index contributed by atoms with van der Waals surface area (Å²) in [6.45, 7) is 0.846. The van der Waals surface area contributed by atoms with Gasteiger partial charge < -0.3 is 9.84 Å². The molecule has 0 aliphatic rings. The van der Waals surface area contributed by atoms with Crippen LogP contribution in [0.3, 0.4) is 0 Å². The lowest BCUT2D eigenvalue weighted by molar-refractivity contribution is 0.0140. The highest BCUT2D eigenvalue weighted by atomic mass is 19.3. The number of aliphatic hydroxyl groups is 1. The van der Waals surface area contributed by atoms with Crippen LogP contribution in [0.5, 0.6) is 5.75 Å². The molecule has 0 saturated heterocycles.